The Morgan fingerprint density at radius 2 is 1.70 bits per heavy atom. The predicted molar refractivity (Wildman–Crippen MR) is 112 cm³/mol. The van der Waals surface area contributed by atoms with Crippen molar-refractivity contribution in [3.8, 4) is 0 Å². The maximum atomic E-state index is 12.6. The fraction of sp³-hybridized carbons (Fsp3) is 0.364. The summed E-state index contributed by atoms with van der Waals surface area (Å²) in [6, 6.07) is 18.2. The number of carbonyl (C=O) groups is 1. The van der Waals surface area contributed by atoms with E-state index < -0.39 is 0 Å². The van der Waals surface area contributed by atoms with Crippen LogP contribution in [-0.2, 0) is 17.9 Å². The maximum absolute atomic E-state index is 12.6. The van der Waals surface area contributed by atoms with E-state index in [0.717, 1.165) is 12.1 Å². The Bertz CT molecular complexity index is 743. The summed E-state index contributed by atoms with van der Waals surface area (Å²) in [6.07, 6.45) is 0. The van der Waals surface area contributed by atoms with Gasteiger partial charge in [0.15, 0.2) is 5.96 Å². The van der Waals surface area contributed by atoms with Crippen molar-refractivity contribution in [3.63, 3.8) is 0 Å². The number of guanidine groups is 1. The largest absolute Gasteiger partial charge is 0.357 e. The Hall–Kier alpha value is -2.82. The molecule has 0 heterocycles. The summed E-state index contributed by atoms with van der Waals surface area (Å²) in [6.45, 7) is 8.94. The zero-order valence-corrected chi connectivity index (χ0v) is 16.5. The van der Waals surface area contributed by atoms with Gasteiger partial charge in [0.2, 0.25) is 5.91 Å². The number of nitrogens with zero attached hydrogens (tertiary/aromatic N) is 2. The lowest BCUT2D eigenvalue weighted by Crippen LogP contribution is -2.44. The molecule has 5 nitrogen and oxygen atoms in total. The van der Waals surface area contributed by atoms with Crippen LogP contribution >= 0.6 is 0 Å². The first kappa shape index (κ1) is 20.5. The van der Waals surface area contributed by atoms with E-state index in [-0.39, 0.29) is 12.5 Å². The summed E-state index contributed by atoms with van der Waals surface area (Å²) in [5.41, 5.74) is 3.53. The highest BCUT2D eigenvalue weighted by atomic mass is 16.2. The Morgan fingerprint density at radius 1 is 1.00 bits per heavy atom. The molecule has 0 unspecified atom stereocenters. The topological polar surface area (TPSA) is 56.7 Å². The van der Waals surface area contributed by atoms with Gasteiger partial charge in [0.05, 0.1) is 13.1 Å². The second-order valence-corrected chi connectivity index (χ2v) is 6.37. The first-order valence-electron chi connectivity index (χ1n) is 9.52. The van der Waals surface area contributed by atoms with Crippen molar-refractivity contribution in [1.82, 2.24) is 15.5 Å². The third-order valence-corrected chi connectivity index (χ3v) is 4.37. The lowest BCUT2D eigenvalue weighted by atomic mass is 10.1. The molecular weight excluding hydrogens is 336 g/mol. The minimum Gasteiger partial charge on any atom is -0.357 e. The molecule has 2 rings (SSSR count). The SMILES string of the molecule is CCNC(=NCc1ccccc1C)NCC(=O)N(CC)Cc1ccccc1. The molecule has 144 valence electrons. The van der Waals surface area contributed by atoms with Crippen molar-refractivity contribution in [2.75, 3.05) is 19.6 Å². The van der Waals surface area contributed by atoms with Gasteiger partial charge in [-0.15, -0.1) is 0 Å². The number of aliphatic imine (C=N–C) groups is 1. The fourth-order valence-corrected chi connectivity index (χ4v) is 2.74. The van der Waals surface area contributed by atoms with Gasteiger partial charge in [0, 0.05) is 19.6 Å². The van der Waals surface area contributed by atoms with E-state index in [1.54, 1.807) is 0 Å². The van der Waals surface area contributed by atoms with Crippen LogP contribution in [-0.4, -0.2) is 36.4 Å². The number of hydrogen-bond donors (Lipinski definition) is 2. The number of carbonyl (C=O) groups excluding carboxylic acids is 1. The van der Waals surface area contributed by atoms with Gasteiger partial charge >= 0.3 is 0 Å². The molecule has 0 saturated carbocycles. The second-order valence-electron chi connectivity index (χ2n) is 6.37. The van der Waals surface area contributed by atoms with E-state index in [1.807, 2.05) is 61.2 Å². The van der Waals surface area contributed by atoms with Gasteiger partial charge < -0.3 is 15.5 Å². The normalized spacial score (nSPS) is 11.1. The van der Waals surface area contributed by atoms with Gasteiger partial charge in [-0.1, -0.05) is 54.6 Å². The molecule has 0 fully saturated rings. The molecule has 2 aromatic rings. The molecular formula is C22H30N4O. The second kappa shape index (κ2) is 11.0. The molecule has 5 heteroatoms. The molecule has 0 saturated heterocycles. The summed E-state index contributed by atoms with van der Waals surface area (Å²) in [5, 5.41) is 6.36. The van der Waals surface area contributed by atoms with Crippen molar-refractivity contribution in [2.24, 2.45) is 4.99 Å². The first-order valence-corrected chi connectivity index (χ1v) is 9.52. The average molecular weight is 367 g/mol. The minimum atomic E-state index is 0.0582. The van der Waals surface area contributed by atoms with Crippen LogP contribution in [0.3, 0.4) is 0 Å². The van der Waals surface area contributed by atoms with Crippen LogP contribution < -0.4 is 10.6 Å². The summed E-state index contributed by atoms with van der Waals surface area (Å²) in [4.78, 5) is 19.0. The quantitative estimate of drug-likeness (QED) is 0.558. The Kier molecular flexibility index (Phi) is 8.36. The maximum Gasteiger partial charge on any atom is 0.242 e. The summed E-state index contributed by atoms with van der Waals surface area (Å²) >= 11 is 0. The number of rotatable bonds is 8. The number of benzene rings is 2. The molecule has 0 bridgehead atoms. The zero-order valence-electron chi connectivity index (χ0n) is 16.5. The average Bonchev–Trinajstić information content (AvgIpc) is 2.70. The van der Waals surface area contributed by atoms with Gasteiger partial charge in [0.25, 0.3) is 0 Å². The number of amides is 1. The van der Waals surface area contributed by atoms with Crippen LogP contribution in [0.5, 0.6) is 0 Å². The van der Waals surface area contributed by atoms with Crippen LogP contribution in [0.1, 0.15) is 30.5 Å². The summed E-state index contributed by atoms with van der Waals surface area (Å²) in [5.74, 6) is 0.715. The van der Waals surface area contributed by atoms with Crippen LogP contribution in [0.15, 0.2) is 59.6 Å². The molecule has 27 heavy (non-hydrogen) atoms. The molecule has 0 atom stereocenters. The van der Waals surface area contributed by atoms with Gasteiger partial charge in [0.1, 0.15) is 0 Å². The highest BCUT2D eigenvalue weighted by Crippen LogP contribution is 2.08. The molecule has 0 aliphatic rings. The third kappa shape index (κ3) is 6.77. The molecule has 2 aromatic carbocycles. The Morgan fingerprint density at radius 3 is 2.37 bits per heavy atom. The van der Waals surface area contributed by atoms with Gasteiger partial charge in [-0.3, -0.25) is 4.79 Å². The van der Waals surface area contributed by atoms with Crippen LogP contribution in [0.2, 0.25) is 0 Å². The molecule has 0 aliphatic carbocycles. The third-order valence-electron chi connectivity index (χ3n) is 4.37. The van der Waals surface area contributed by atoms with Crippen molar-refractivity contribution in [2.45, 2.75) is 33.9 Å². The molecule has 1 amide bonds. The lowest BCUT2D eigenvalue weighted by Gasteiger charge is -2.22. The molecule has 0 spiro atoms. The molecule has 0 aliphatic heterocycles. The molecule has 0 aromatic heterocycles. The monoisotopic (exact) mass is 366 g/mol. The van der Waals surface area contributed by atoms with Crippen LogP contribution in [0.25, 0.3) is 0 Å². The Labute approximate surface area is 162 Å². The van der Waals surface area contributed by atoms with Gasteiger partial charge in [-0.25, -0.2) is 4.99 Å². The van der Waals surface area contributed by atoms with Crippen molar-refractivity contribution >= 4 is 11.9 Å². The Balaban J connectivity index is 1.94. The van der Waals surface area contributed by atoms with Gasteiger partial charge in [-0.05, 0) is 37.5 Å². The number of nitrogens with one attached hydrogen (secondary N) is 2. The van der Waals surface area contributed by atoms with E-state index in [0.29, 0.717) is 25.6 Å². The predicted octanol–water partition coefficient (Wildman–Crippen LogP) is 3.10. The van der Waals surface area contributed by atoms with Crippen molar-refractivity contribution < 1.29 is 4.79 Å². The minimum absolute atomic E-state index is 0.0582. The van der Waals surface area contributed by atoms with E-state index in [9.17, 15) is 4.79 Å². The number of hydrogen-bond acceptors (Lipinski definition) is 2. The smallest absolute Gasteiger partial charge is 0.242 e. The number of likely N-dealkylation sites (N-methyl/N-ethyl adjacent to an activating group) is 1. The summed E-state index contributed by atoms with van der Waals surface area (Å²) < 4.78 is 0. The van der Waals surface area contributed by atoms with Crippen LogP contribution in [0.4, 0.5) is 0 Å². The van der Waals surface area contributed by atoms with Crippen molar-refractivity contribution in [1.29, 1.82) is 0 Å². The first-order chi connectivity index (χ1) is 13.1. The van der Waals surface area contributed by atoms with E-state index >= 15 is 0 Å². The van der Waals surface area contributed by atoms with E-state index in [2.05, 4.69) is 34.7 Å². The summed E-state index contributed by atoms with van der Waals surface area (Å²) in [7, 11) is 0. The molecule has 2 N–H and O–H groups in total. The van der Waals surface area contributed by atoms with Crippen LogP contribution in [0, 0.1) is 6.92 Å². The number of aryl methyl sites for hydroxylation is 1. The fourth-order valence-electron chi connectivity index (χ4n) is 2.74. The van der Waals surface area contributed by atoms with E-state index in [1.165, 1.54) is 11.1 Å². The standard InChI is InChI=1S/C22H30N4O/c1-4-23-22(24-15-20-14-10-9-11-18(20)3)25-16-21(27)26(5-2)17-19-12-7-6-8-13-19/h6-14H,4-5,15-17H2,1-3H3,(H2,23,24,25). The zero-order chi connectivity index (χ0) is 19.5. The van der Waals surface area contributed by atoms with Crippen molar-refractivity contribution in [3.05, 3.63) is 71.3 Å². The van der Waals surface area contributed by atoms with Gasteiger partial charge in [-0.2, -0.15) is 0 Å². The lowest BCUT2D eigenvalue weighted by molar-refractivity contribution is -0.130. The highest BCUT2D eigenvalue weighted by molar-refractivity contribution is 5.86. The molecule has 0 radical (unpaired) electrons. The van der Waals surface area contributed by atoms with E-state index in [4.69, 9.17) is 0 Å². The highest BCUT2D eigenvalue weighted by Gasteiger charge is 2.12.